The van der Waals surface area contributed by atoms with Crippen molar-refractivity contribution in [3.8, 4) is 0 Å². The van der Waals surface area contributed by atoms with E-state index in [1.54, 1.807) is 20.2 Å². The summed E-state index contributed by atoms with van der Waals surface area (Å²) in [7, 11) is 4.60. The molecule has 2 unspecified atom stereocenters. The van der Waals surface area contributed by atoms with Gasteiger partial charge in [0, 0.05) is 13.2 Å². The number of carbonyl (C=O) groups is 3. The zero-order chi connectivity index (χ0) is 15.7. The summed E-state index contributed by atoms with van der Waals surface area (Å²) in [6.45, 7) is 2.24. The topological polar surface area (TPSA) is 78.7 Å². The standard InChI is InChI=1S/C13H17N3O4S/c1-7(6-20-4)14-10(17)9-5-8-11(18)15(2)13(19)16(3)12(8)21-9/h5,7-8H,6H2,1-4H3/p+1. The van der Waals surface area contributed by atoms with Gasteiger partial charge in [-0.05, 0) is 24.8 Å². The zero-order valence-corrected chi connectivity index (χ0v) is 13.2. The number of urea groups is 1. The van der Waals surface area contributed by atoms with Gasteiger partial charge in [0.15, 0.2) is 5.04 Å². The van der Waals surface area contributed by atoms with Crippen molar-refractivity contribution >= 4 is 34.7 Å². The molecule has 2 atom stereocenters. The van der Waals surface area contributed by atoms with E-state index >= 15 is 0 Å². The molecule has 2 aliphatic rings. The summed E-state index contributed by atoms with van der Waals surface area (Å²) < 4.78 is 6.37. The summed E-state index contributed by atoms with van der Waals surface area (Å²) in [5.74, 6) is -1.13. The van der Waals surface area contributed by atoms with Crippen LogP contribution in [0.15, 0.2) is 11.0 Å². The molecule has 0 fully saturated rings. The van der Waals surface area contributed by atoms with E-state index in [-0.39, 0.29) is 23.9 Å². The number of hydrogen-bond acceptors (Lipinski definition) is 5. The van der Waals surface area contributed by atoms with Gasteiger partial charge in [0.25, 0.3) is 5.91 Å². The number of methoxy groups -OCH3 is 1. The SMILES string of the molecule is COCC(C)NC(=O)C1=CC2C(=O)N(C)C(=O)[N+](C)=C2S1. The normalized spacial score (nSPS) is 23.1. The monoisotopic (exact) mass is 312 g/mol. The minimum atomic E-state index is -0.554. The summed E-state index contributed by atoms with van der Waals surface area (Å²) in [4.78, 5) is 37.6. The Labute approximate surface area is 127 Å². The lowest BCUT2D eigenvalue weighted by atomic mass is 10.1. The van der Waals surface area contributed by atoms with Gasteiger partial charge < -0.3 is 10.1 Å². The molecule has 0 aromatic heterocycles. The van der Waals surface area contributed by atoms with Crippen LogP contribution in [0.1, 0.15) is 6.92 Å². The van der Waals surface area contributed by atoms with E-state index in [0.717, 1.165) is 16.7 Å². The fourth-order valence-electron chi connectivity index (χ4n) is 2.22. The molecule has 21 heavy (non-hydrogen) atoms. The average molecular weight is 312 g/mol. The van der Waals surface area contributed by atoms with E-state index in [1.165, 1.54) is 11.6 Å². The highest BCUT2D eigenvalue weighted by molar-refractivity contribution is 8.18. The third kappa shape index (κ3) is 2.86. The Morgan fingerprint density at radius 2 is 2.24 bits per heavy atom. The van der Waals surface area contributed by atoms with Gasteiger partial charge in [-0.1, -0.05) is 0 Å². The molecular formula is C13H18N3O4S+. The second kappa shape index (κ2) is 5.98. The van der Waals surface area contributed by atoms with Gasteiger partial charge in [0.1, 0.15) is 5.92 Å². The molecule has 1 N–H and O–H groups in total. The largest absolute Gasteiger partial charge is 0.500 e. The van der Waals surface area contributed by atoms with Crippen molar-refractivity contribution in [3.05, 3.63) is 11.0 Å². The molecule has 8 heteroatoms. The minimum Gasteiger partial charge on any atom is -0.383 e. The van der Waals surface area contributed by atoms with Crippen LogP contribution in [0.4, 0.5) is 4.79 Å². The predicted molar refractivity (Wildman–Crippen MR) is 78.0 cm³/mol. The fraction of sp³-hybridized carbons (Fsp3) is 0.538. The lowest BCUT2D eigenvalue weighted by Gasteiger charge is -2.18. The minimum absolute atomic E-state index is 0.130. The molecular weight excluding hydrogens is 294 g/mol. The molecule has 2 rings (SSSR count). The summed E-state index contributed by atoms with van der Waals surface area (Å²) in [6.07, 6.45) is 1.61. The number of fused-ring (bicyclic) bond motifs is 1. The van der Waals surface area contributed by atoms with Crippen LogP contribution in [-0.4, -0.2) is 66.2 Å². The van der Waals surface area contributed by atoms with Crippen LogP contribution in [0.2, 0.25) is 0 Å². The Hall–Kier alpha value is -1.67. The number of hydrogen-bond donors (Lipinski definition) is 1. The number of nitrogens with zero attached hydrogens (tertiary/aromatic N) is 2. The number of amides is 4. The lowest BCUT2D eigenvalue weighted by molar-refractivity contribution is -0.403. The Morgan fingerprint density at radius 1 is 1.57 bits per heavy atom. The van der Waals surface area contributed by atoms with Crippen molar-refractivity contribution in [2.24, 2.45) is 5.92 Å². The van der Waals surface area contributed by atoms with Gasteiger partial charge in [-0.25, -0.2) is 4.79 Å². The molecule has 0 saturated heterocycles. The first-order valence-electron chi connectivity index (χ1n) is 6.48. The molecule has 0 aromatic rings. The summed E-state index contributed by atoms with van der Waals surface area (Å²) in [5, 5.41) is 3.37. The van der Waals surface area contributed by atoms with Crippen LogP contribution < -0.4 is 5.32 Å². The summed E-state index contributed by atoms with van der Waals surface area (Å²) >= 11 is 1.16. The van der Waals surface area contributed by atoms with Crippen LogP contribution in [0.25, 0.3) is 0 Å². The van der Waals surface area contributed by atoms with Crippen molar-refractivity contribution in [2.75, 3.05) is 27.8 Å². The maximum atomic E-state index is 12.2. The smallest absolute Gasteiger partial charge is 0.383 e. The molecule has 0 aliphatic carbocycles. The van der Waals surface area contributed by atoms with Crippen molar-refractivity contribution in [2.45, 2.75) is 13.0 Å². The number of rotatable bonds is 4. The second-order valence-electron chi connectivity index (χ2n) is 5.02. The van der Waals surface area contributed by atoms with Crippen molar-refractivity contribution < 1.29 is 23.7 Å². The first kappa shape index (κ1) is 15.7. The van der Waals surface area contributed by atoms with E-state index in [0.29, 0.717) is 16.6 Å². The van der Waals surface area contributed by atoms with E-state index in [4.69, 9.17) is 4.74 Å². The average Bonchev–Trinajstić information content (AvgIpc) is 2.88. The Kier molecular flexibility index (Phi) is 4.48. The van der Waals surface area contributed by atoms with Crippen molar-refractivity contribution in [3.63, 3.8) is 0 Å². The number of ether oxygens (including phenoxy) is 1. The molecule has 7 nitrogen and oxygen atoms in total. The van der Waals surface area contributed by atoms with Gasteiger partial charge in [-0.2, -0.15) is 14.3 Å². The van der Waals surface area contributed by atoms with Crippen LogP contribution in [-0.2, 0) is 14.3 Å². The third-order valence-electron chi connectivity index (χ3n) is 3.32. The Balaban J connectivity index is 2.18. The quantitative estimate of drug-likeness (QED) is 0.740. The van der Waals surface area contributed by atoms with Crippen LogP contribution in [0.3, 0.4) is 0 Å². The number of thioether (sulfide) groups is 1. The lowest BCUT2D eigenvalue weighted by Crippen LogP contribution is -2.49. The number of imide groups is 1. The van der Waals surface area contributed by atoms with Gasteiger partial charge in [0.05, 0.1) is 25.6 Å². The molecule has 0 aromatic carbocycles. The second-order valence-corrected chi connectivity index (χ2v) is 6.08. The highest BCUT2D eigenvalue weighted by Gasteiger charge is 2.48. The van der Waals surface area contributed by atoms with Gasteiger partial charge in [-0.3, -0.25) is 4.79 Å². The predicted octanol–water partition coefficient (Wildman–Crippen LogP) is 0.0172. The van der Waals surface area contributed by atoms with Crippen molar-refractivity contribution in [1.82, 2.24) is 10.2 Å². The van der Waals surface area contributed by atoms with E-state index < -0.39 is 5.92 Å². The van der Waals surface area contributed by atoms with Gasteiger partial charge >= 0.3 is 11.9 Å². The van der Waals surface area contributed by atoms with Crippen molar-refractivity contribution in [1.29, 1.82) is 0 Å². The molecule has 4 amide bonds. The third-order valence-corrected chi connectivity index (χ3v) is 4.60. The van der Waals surface area contributed by atoms with E-state index in [2.05, 4.69) is 5.32 Å². The van der Waals surface area contributed by atoms with Crippen LogP contribution in [0, 0.1) is 5.92 Å². The Bertz CT molecular complexity index is 570. The molecule has 0 radical (unpaired) electrons. The first-order valence-corrected chi connectivity index (χ1v) is 7.30. The highest BCUT2D eigenvalue weighted by atomic mass is 32.2. The number of nitrogens with one attached hydrogen (secondary N) is 1. The maximum Gasteiger partial charge on any atom is 0.500 e. The molecule has 0 bridgehead atoms. The molecule has 2 heterocycles. The molecule has 2 aliphatic heterocycles. The summed E-state index contributed by atoms with van der Waals surface area (Å²) in [5.41, 5.74) is 0. The van der Waals surface area contributed by atoms with Gasteiger partial charge in [0.2, 0.25) is 0 Å². The van der Waals surface area contributed by atoms with Gasteiger partial charge in [-0.15, -0.1) is 0 Å². The zero-order valence-electron chi connectivity index (χ0n) is 12.4. The molecule has 114 valence electrons. The van der Waals surface area contributed by atoms with Crippen LogP contribution >= 0.6 is 11.8 Å². The fourth-order valence-corrected chi connectivity index (χ4v) is 3.31. The van der Waals surface area contributed by atoms with E-state index in [1.807, 2.05) is 6.92 Å². The number of carbonyl (C=O) groups excluding carboxylic acids is 3. The molecule has 0 saturated carbocycles. The maximum absolute atomic E-state index is 12.2. The van der Waals surface area contributed by atoms with Crippen LogP contribution in [0.5, 0.6) is 0 Å². The van der Waals surface area contributed by atoms with E-state index in [9.17, 15) is 14.4 Å². The Morgan fingerprint density at radius 3 is 2.86 bits per heavy atom. The highest BCUT2D eigenvalue weighted by Crippen LogP contribution is 2.35. The first-order chi connectivity index (χ1) is 9.86. The summed E-state index contributed by atoms with van der Waals surface area (Å²) in [6, 6.07) is -0.518. The molecule has 0 spiro atoms.